The fourth-order valence-corrected chi connectivity index (χ4v) is 2.58. The van der Waals surface area contributed by atoms with E-state index in [1.54, 1.807) is 21.6 Å². The summed E-state index contributed by atoms with van der Waals surface area (Å²) < 4.78 is 10.4. The van der Waals surface area contributed by atoms with Crippen molar-refractivity contribution in [2.45, 2.75) is 40.0 Å². The van der Waals surface area contributed by atoms with E-state index < -0.39 is 6.09 Å². The van der Waals surface area contributed by atoms with Gasteiger partial charge in [-0.3, -0.25) is 0 Å². The molecule has 0 spiro atoms. The Morgan fingerprint density at radius 3 is 2.64 bits per heavy atom. The minimum absolute atomic E-state index is 0. The number of alkyl carbamates (subject to hydrolysis) is 1. The van der Waals surface area contributed by atoms with Gasteiger partial charge in [-0.1, -0.05) is 48.3 Å². The van der Waals surface area contributed by atoms with Crippen molar-refractivity contribution in [3.63, 3.8) is 0 Å². The molecule has 0 aromatic carbocycles. The zero-order valence-electron chi connectivity index (χ0n) is 14.0. The number of amides is 1. The van der Waals surface area contributed by atoms with Crippen LogP contribution in [0, 0.1) is 11.8 Å². The van der Waals surface area contributed by atoms with Gasteiger partial charge in [-0.25, -0.2) is 4.79 Å². The van der Waals surface area contributed by atoms with E-state index in [2.05, 4.69) is 17.2 Å². The largest absolute Gasteiger partial charge is 0.450 e. The van der Waals surface area contributed by atoms with Crippen LogP contribution in [0.1, 0.15) is 42.9 Å². The smallest absolute Gasteiger partial charge is 0.407 e. The Labute approximate surface area is 146 Å². The summed E-state index contributed by atoms with van der Waals surface area (Å²) in [7, 11) is 3.38. The standard InChI is InChI=1S/C13H24N2O3S2.C2H6.2H2/c1-2-3-4-8-15-13(16)18-10-6-5-9-17-12-20-19-11-7-14;1-2;;/h2,5-12,14H2,1H3,(H,15,16);1-2H3;2*1H. The summed E-state index contributed by atoms with van der Waals surface area (Å²) in [4.78, 5) is 11.2. The van der Waals surface area contributed by atoms with Crippen molar-refractivity contribution in [2.24, 2.45) is 5.73 Å². The average Bonchev–Trinajstić information content (AvgIpc) is 2.55. The Hall–Kier alpha value is -0.550. The van der Waals surface area contributed by atoms with Gasteiger partial charge in [0.25, 0.3) is 0 Å². The molecule has 0 rings (SSSR count). The molecule has 0 radical (unpaired) electrons. The molecule has 0 heterocycles. The monoisotopic (exact) mass is 354 g/mol. The number of hydrogen-bond acceptors (Lipinski definition) is 6. The van der Waals surface area contributed by atoms with Gasteiger partial charge < -0.3 is 20.5 Å². The summed E-state index contributed by atoms with van der Waals surface area (Å²) in [5.41, 5.74) is 5.37. The maximum atomic E-state index is 11.2. The van der Waals surface area contributed by atoms with Crippen molar-refractivity contribution >= 4 is 27.7 Å². The Balaban J connectivity index is -0.000000480. The highest BCUT2D eigenvalue weighted by Crippen LogP contribution is 2.19. The Kier molecular flexibility index (Phi) is 24.5. The van der Waals surface area contributed by atoms with E-state index in [-0.39, 0.29) is 2.85 Å². The van der Waals surface area contributed by atoms with E-state index in [1.807, 2.05) is 20.8 Å². The van der Waals surface area contributed by atoms with Crippen LogP contribution in [0.2, 0.25) is 0 Å². The second kappa shape index (κ2) is 22.7. The van der Waals surface area contributed by atoms with Gasteiger partial charge in [0.15, 0.2) is 0 Å². The summed E-state index contributed by atoms with van der Waals surface area (Å²) in [6.45, 7) is 8.09. The summed E-state index contributed by atoms with van der Waals surface area (Å²) in [5, 5.41) is 2.57. The van der Waals surface area contributed by atoms with Crippen molar-refractivity contribution in [3.05, 3.63) is 0 Å². The predicted molar refractivity (Wildman–Crippen MR) is 102 cm³/mol. The minimum atomic E-state index is -0.412. The summed E-state index contributed by atoms with van der Waals surface area (Å²) in [5.74, 6) is 7.29. The number of carbonyl (C=O) groups is 1. The maximum absolute atomic E-state index is 11.2. The third-order valence-electron chi connectivity index (χ3n) is 1.96. The molecular weight excluding hydrogens is 320 g/mol. The molecule has 0 atom stereocenters. The van der Waals surface area contributed by atoms with Gasteiger partial charge in [0.05, 0.1) is 13.2 Å². The minimum Gasteiger partial charge on any atom is -0.450 e. The van der Waals surface area contributed by atoms with Crippen LogP contribution in [0.15, 0.2) is 0 Å². The third-order valence-corrected chi connectivity index (χ3v) is 4.08. The van der Waals surface area contributed by atoms with Crippen LogP contribution in [0.3, 0.4) is 0 Å². The predicted octanol–water partition coefficient (Wildman–Crippen LogP) is 3.74. The number of hydrogen-bond donors (Lipinski definition) is 2. The zero-order valence-corrected chi connectivity index (χ0v) is 15.6. The second-order valence-corrected chi connectivity index (χ2v) is 6.19. The molecule has 0 fully saturated rings. The second-order valence-electron chi connectivity index (χ2n) is 3.66. The Morgan fingerprint density at radius 2 is 1.95 bits per heavy atom. The van der Waals surface area contributed by atoms with E-state index in [0.29, 0.717) is 32.2 Å². The molecule has 0 unspecified atom stereocenters. The van der Waals surface area contributed by atoms with Crippen molar-refractivity contribution in [2.75, 3.05) is 38.0 Å². The molecular formula is C15H34N2O3S2. The van der Waals surface area contributed by atoms with Gasteiger partial charge in [-0.05, 0) is 12.8 Å². The quantitative estimate of drug-likeness (QED) is 0.255. The first-order chi connectivity index (χ1) is 10.8. The lowest BCUT2D eigenvalue weighted by Crippen LogP contribution is -2.24. The van der Waals surface area contributed by atoms with Gasteiger partial charge in [0, 0.05) is 28.2 Å². The van der Waals surface area contributed by atoms with Gasteiger partial charge in [0.1, 0.15) is 5.94 Å². The first-order valence-corrected chi connectivity index (χ1v) is 10.2. The van der Waals surface area contributed by atoms with Crippen LogP contribution in [0.4, 0.5) is 4.79 Å². The molecule has 0 bridgehead atoms. The molecule has 0 aromatic heterocycles. The summed E-state index contributed by atoms with van der Waals surface area (Å²) in [6, 6.07) is 0. The number of nitrogens with two attached hydrogens (primary N) is 1. The highest BCUT2D eigenvalue weighted by atomic mass is 33.1. The van der Waals surface area contributed by atoms with Gasteiger partial charge in [-0.15, -0.1) is 5.92 Å². The molecule has 0 saturated carbocycles. The van der Waals surface area contributed by atoms with Crippen LogP contribution in [-0.4, -0.2) is 44.1 Å². The molecule has 22 heavy (non-hydrogen) atoms. The fourth-order valence-electron chi connectivity index (χ4n) is 1.06. The third kappa shape index (κ3) is 21.7. The van der Waals surface area contributed by atoms with Crippen molar-refractivity contribution in [1.29, 1.82) is 0 Å². The van der Waals surface area contributed by atoms with Gasteiger partial charge in [0.2, 0.25) is 0 Å². The number of nitrogens with one attached hydrogen (secondary N) is 1. The molecule has 1 amide bonds. The van der Waals surface area contributed by atoms with E-state index in [0.717, 1.165) is 25.0 Å². The number of rotatable bonds is 11. The molecule has 0 aliphatic heterocycles. The van der Waals surface area contributed by atoms with Crippen LogP contribution < -0.4 is 11.1 Å². The molecule has 7 heteroatoms. The first kappa shape index (κ1) is 23.7. The Morgan fingerprint density at radius 1 is 1.23 bits per heavy atom. The highest BCUT2D eigenvalue weighted by molar-refractivity contribution is 8.76. The average molecular weight is 355 g/mol. The van der Waals surface area contributed by atoms with Crippen LogP contribution in [0.5, 0.6) is 0 Å². The van der Waals surface area contributed by atoms with Crippen LogP contribution in [0.25, 0.3) is 0 Å². The van der Waals surface area contributed by atoms with Crippen molar-refractivity contribution in [3.8, 4) is 11.8 Å². The SMILES string of the molecule is CC.CCC#CCNC(=O)OCCCCOCSSCCN.[HH].[HH]. The molecule has 5 nitrogen and oxygen atoms in total. The normalized spacial score (nSPS) is 9.09. The molecule has 0 aliphatic rings. The molecule has 0 aromatic rings. The maximum Gasteiger partial charge on any atom is 0.407 e. The molecule has 0 saturated heterocycles. The van der Waals surface area contributed by atoms with E-state index in [1.165, 1.54) is 0 Å². The van der Waals surface area contributed by atoms with Gasteiger partial charge >= 0.3 is 6.09 Å². The fraction of sp³-hybridized carbons (Fsp3) is 0.800. The molecule has 3 N–H and O–H groups in total. The van der Waals surface area contributed by atoms with Crippen LogP contribution >= 0.6 is 21.6 Å². The van der Waals surface area contributed by atoms with E-state index in [9.17, 15) is 4.79 Å². The summed E-state index contributed by atoms with van der Waals surface area (Å²) in [6.07, 6.45) is 2.06. The van der Waals surface area contributed by atoms with Crippen LogP contribution in [-0.2, 0) is 9.47 Å². The lowest BCUT2D eigenvalue weighted by Gasteiger charge is -2.05. The topological polar surface area (TPSA) is 73.6 Å². The number of carbonyl (C=O) groups excluding carboxylic acids is 1. The van der Waals surface area contributed by atoms with Gasteiger partial charge in [-0.2, -0.15) is 0 Å². The number of ether oxygens (including phenoxy) is 2. The van der Waals surface area contributed by atoms with Crippen molar-refractivity contribution < 1.29 is 17.1 Å². The first-order valence-electron chi connectivity index (χ1n) is 7.69. The molecule has 134 valence electrons. The zero-order chi connectivity index (χ0) is 16.9. The van der Waals surface area contributed by atoms with Crippen molar-refractivity contribution in [1.82, 2.24) is 5.32 Å². The molecule has 0 aliphatic carbocycles. The summed E-state index contributed by atoms with van der Waals surface area (Å²) >= 11 is 0. The lowest BCUT2D eigenvalue weighted by molar-refractivity contribution is 0.134. The van der Waals surface area contributed by atoms with E-state index in [4.69, 9.17) is 15.2 Å². The Bertz CT molecular complexity index is 304. The van der Waals surface area contributed by atoms with E-state index >= 15 is 0 Å². The lowest BCUT2D eigenvalue weighted by atomic mass is 10.3. The number of unbranched alkanes of at least 4 members (excludes halogenated alkanes) is 1. The highest BCUT2D eigenvalue weighted by Gasteiger charge is 1.99.